The van der Waals surface area contributed by atoms with Crippen LogP contribution in [0.15, 0.2) is 62.8 Å². The Morgan fingerprint density at radius 2 is 1.65 bits per heavy atom. The van der Waals surface area contributed by atoms with E-state index < -0.39 is 62.3 Å². The lowest BCUT2D eigenvalue weighted by molar-refractivity contribution is -0.140. The number of hydrogen-bond acceptors (Lipinski definition) is 9. The molecule has 7 rings (SSSR count). The van der Waals surface area contributed by atoms with Crippen LogP contribution in [0, 0.1) is 11.8 Å². The van der Waals surface area contributed by atoms with Gasteiger partial charge in [0.05, 0.1) is 39.0 Å². The first-order valence-electron chi connectivity index (χ1n) is 16.8. The number of benzene rings is 3. The number of imide groups is 1. The molecule has 4 heterocycles. The molecule has 0 fully saturated rings. The largest absolute Gasteiger partial charge is 0.491 e. The number of nitrogens with zero attached hydrogens (tertiary/aromatic N) is 3. The van der Waals surface area contributed by atoms with Crippen molar-refractivity contribution in [2.45, 2.75) is 73.9 Å². The van der Waals surface area contributed by atoms with E-state index in [2.05, 4.69) is 27.8 Å². The Morgan fingerprint density at radius 1 is 0.982 bits per heavy atom. The SMILES string of the molecule is CC(C)(C)OC(=O)N(C(=O)N1c2ccc(S(C)(=O)=O)c3c2OC(C3)C1C#Cc1cc2c(Br)cccc2n1CC(F)(F)F)c1ccc(S(C)(=O)=O)c2c1OCC2. The molecular formula is C37H33BrF3N3O9S2. The van der Waals surface area contributed by atoms with Crippen LogP contribution in [-0.2, 0) is 43.8 Å². The van der Waals surface area contributed by atoms with Crippen LogP contribution in [0.3, 0.4) is 0 Å². The van der Waals surface area contributed by atoms with E-state index in [1.807, 2.05) is 0 Å². The van der Waals surface area contributed by atoms with E-state index in [1.54, 1.807) is 32.9 Å². The predicted octanol–water partition coefficient (Wildman–Crippen LogP) is 6.81. The molecule has 2 atom stereocenters. The van der Waals surface area contributed by atoms with Crippen LogP contribution in [-0.4, -0.2) is 76.6 Å². The number of anilines is 2. The van der Waals surface area contributed by atoms with Crippen molar-refractivity contribution in [3.05, 3.63) is 69.8 Å². The second kappa shape index (κ2) is 13.2. The van der Waals surface area contributed by atoms with Gasteiger partial charge in [-0.2, -0.15) is 18.1 Å². The molecular weight excluding hydrogens is 831 g/mol. The minimum Gasteiger partial charge on any atom is -0.491 e. The summed E-state index contributed by atoms with van der Waals surface area (Å²) in [7, 11) is -7.55. The molecule has 12 nitrogen and oxygen atoms in total. The van der Waals surface area contributed by atoms with Crippen LogP contribution in [0.1, 0.15) is 37.6 Å². The average Bonchev–Trinajstić information content (AvgIpc) is 3.78. The maximum absolute atomic E-state index is 15.2. The zero-order valence-electron chi connectivity index (χ0n) is 29.9. The molecule has 0 radical (unpaired) electrons. The van der Waals surface area contributed by atoms with E-state index in [4.69, 9.17) is 14.2 Å². The standard InChI is InChI=1S/C37H33BrF3N3O9S2/c1-36(2,3)53-35(46)44(27-11-13-30(54(4,47)48)21-15-16-51-32(21)27)34(45)43-26(29-18-23-31(55(5,49)50)14-12-28(43)33(23)52-29)10-9-20-17-22-24(38)7-6-8-25(22)42(20)19-37(39,40)41/h6-8,11-14,17,26,29H,15-16,18-19H2,1-5H3. The van der Waals surface area contributed by atoms with Gasteiger partial charge in [-0.25, -0.2) is 26.4 Å². The number of rotatable bonds is 4. The number of halogens is 4. The number of carbonyl (C=O) groups excluding carboxylic acids is 2. The fourth-order valence-corrected chi connectivity index (χ4v) is 9.41. The highest BCUT2D eigenvalue weighted by Gasteiger charge is 2.49. The summed E-state index contributed by atoms with van der Waals surface area (Å²) in [5.41, 5.74) is -0.471. The quantitative estimate of drug-likeness (QED) is 0.202. The molecule has 290 valence electrons. The first kappa shape index (κ1) is 38.5. The molecule has 3 amide bonds. The molecule has 0 N–H and O–H groups in total. The molecule has 0 aliphatic carbocycles. The highest BCUT2D eigenvalue weighted by Crippen LogP contribution is 2.49. The number of ether oxygens (including phenoxy) is 3. The molecule has 3 aliphatic heterocycles. The molecule has 3 aromatic carbocycles. The highest BCUT2D eigenvalue weighted by atomic mass is 79.9. The Bertz CT molecular complexity index is 2610. The summed E-state index contributed by atoms with van der Waals surface area (Å²) < 4.78 is 112. The maximum atomic E-state index is 15.2. The van der Waals surface area contributed by atoms with Crippen molar-refractivity contribution in [3.63, 3.8) is 0 Å². The van der Waals surface area contributed by atoms with Crippen LogP contribution in [0.2, 0.25) is 0 Å². The van der Waals surface area contributed by atoms with Gasteiger partial charge in [0.2, 0.25) is 0 Å². The van der Waals surface area contributed by atoms with Crippen LogP contribution >= 0.6 is 15.9 Å². The number of hydrogen-bond donors (Lipinski definition) is 0. The lowest BCUT2D eigenvalue weighted by atomic mass is 10.1. The van der Waals surface area contributed by atoms with Crippen molar-refractivity contribution in [1.29, 1.82) is 0 Å². The summed E-state index contributed by atoms with van der Waals surface area (Å²) in [5, 5.41) is 0.457. The number of carbonyl (C=O) groups is 2. The van der Waals surface area contributed by atoms with Gasteiger partial charge in [0.1, 0.15) is 35.8 Å². The lowest BCUT2D eigenvalue weighted by Crippen LogP contribution is -2.57. The molecule has 18 heteroatoms. The molecule has 3 aliphatic rings. The third kappa shape index (κ3) is 7.13. The first-order valence-corrected chi connectivity index (χ1v) is 21.3. The van der Waals surface area contributed by atoms with E-state index in [0.29, 0.717) is 14.8 Å². The van der Waals surface area contributed by atoms with Gasteiger partial charge in [-0.1, -0.05) is 27.9 Å². The molecule has 0 saturated heterocycles. The van der Waals surface area contributed by atoms with E-state index >= 15 is 4.79 Å². The van der Waals surface area contributed by atoms with Gasteiger partial charge in [-0.05, 0) is 69.2 Å². The van der Waals surface area contributed by atoms with Crippen molar-refractivity contribution in [3.8, 4) is 23.3 Å². The Hall–Kier alpha value is -4.73. The van der Waals surface area contributed by atoms with Crippen LogP contribution in [0.5, 0.6) is 11.5 Å². The van der Waals surface area contributed by atoms with Crippen molar-refractivity contribution in [1.82, 2.24) is 4.57 Å². The van der Waals surface area contributed by atoms with Crippen LogP contribution in [0.25, 0.3) is 10.9 Å². The first-order chi connectivity index (χ1) is 25.5. The van der Waals surface area contributed by atoms with Crippen molar-refractivity contribution in [2.75, 3.05) is 28.9 Å². The molecule has 1 aromatic heterocycles. The second-order valence-electron chi connectivity index (χ2n) is 14.4. The molecule has 2 bridgehead atoms. The molecule has 55 heavy (non-hydrogen) atoms. The van der Waals surface area contributed by atoms with Crippen molar-refractivity contribution >= 4 is 70.0 Å². The van der Waals surface area contributed by atoms with Crippen LogP contribution in [0.4, 0.5) is 34.1 Å². The summed E-state index contributed by atoms with van der Waals surface area (Å²) in [5.74, 6) is 5.81. The topological polar surface area (TPSA) is 142 Å². The average molecular weight is 865 g/mol. The van der Waals surface area contributed by atoms with E-state index in [9.17, 15) is 34.8 Å². The number of aromatic nitrogens is 1. The Balaban J connectivity index is 1.43. The maximum Gasteiger partial charge on any atom is 0.423 e. The Kier molecular flexibility index (Phi) is 9.25. The van der Waals surface area contributed by atoms with Crippen molar-refractivity contribution in [2.24, 2.45) is 0 Å². The fraction of sp³-hybridized carbons (Fsp3) is 0.351. The van der Waals surface area contributed by atoms with Gasteiger partial charge in [0, 0.05) is 46.3 Å². The molecule has 4 aromatic rings. The van der Waals surface area contributed by atoms with E-state index in [1.165, 1.54) is 36.4 Å². The van der Waals surface area contributed by atoms with Gasteiger partial charge >= 0.3 is 18.3 Å². The number of amides is 3. The van der Waals surface area contributed by atoms with Gasteiger partial charge in [-0.3, -0.25) is 4.90 Å². The van der Waals surface area contributed by atoms with Gasteiger partial charge in [-0.15, -0.1) is 0 Å². The normalized spacial score (nSPS) is 17.6. The molecule has 0 spiro atoms. The Labute approximate surface area is 323 Å². The predicted molar refractivity (Wildman–Crippen MR) is 199 cm³/mol. The van der Waals surface area contributed by atoms with Gasteiger partial charge in [0.15, 0.2) is 19.7 Å². The second-order valence-corrected chi connectivity index (χ2v) is 19.2. The molecule has 2 unspecified atom stereocenters. The van der Waals surface area contributed by atoms with Crippen LogP contribution < -0.4 is 19.3 Å². The smallest absolute Gasteiger partial charge is 0.423 e. The van der Waals surface area contributed by atoms with E-state index in [-0.39, 0.29) is 74.5 Å². The van der Waals surface area contributed by atoms with Crippen molar-refractivity contribution < 1.29 is 53.8 Å². The van der Waals surface area contributed by atoms with Gasteiger partial charge < -0.3 is 18.8 Å². The summed E-state index contributed by atoms with van der Waals surface area (Å²) in [6, 6.07) is 9.08. The summed E-state index contributed by atoms with van der Waals surface area (Å²) in [6.45, 7) is 3.44. The van der Waals surface area contributed by atoms with Gasteiger partial charge in [0.25, 0.3) is 0 Å². The number of alkyl halides is 3. The zero-order valence-corrected chi connectivity index (χ0v) is 33.2. The third-order valence-electron chi connectivity index (χ3n) is 9.15. The Morgan fingerprint density at radius 3 is 2.31 bits per heavy atom. The fourth-order valence-electron chi connectivity index (χ4n) is 7.04. The summed E-state index contributed by atoms with van der Waals surface area (Å²) in [6.07, 6.45) is -4.62. The monoisotopic (exact) mass is 863 g/mol. The zero-order chi connectivity index (χ0) is 40.0. The number of sulfone groups is 2. The van der Waals surface area contributed by atoms with E-state index in [0.717, 1.165) is 22.0 Å². The summed E-state index contributed by atoms with van der Waals surface area (Å²) in [4.78, 5) is 31.0. The summed E-state index contributed by atoms with van der Waals surface area (Å²) >= 11 is 3.39. The molecule has 0 saturated carbocycles. The number of fused-ring (bicyclic) bond motifs is 3. The number of urea groups is 1. The lowest BCUT2D eigenvalue weighted by Gasteiger charge is -2.38. The minimum atomic E-state index is -4.62. The minimum absolute atomic E-state index is 0.0277. The third-order valence-corrected chi connectivity index (χ3v) is 12.2. The highest BCUT2D eigenvalue weighted by molar-refractivity contribution is 9.10.